The number of amides is 1. The number of rotatable bonds is 5. The van der Waals surface area contributed by atoms with Crippen molar-refractivity contribution in [2.75, 3.05) is 18.5 Å². The van der Waals surface area contributed by atoms with Gasteiger partial charge in [-0.3, -0.25) is 4.79 Å². The van der Waals surface area contributed by atoms with E-state index in [1.165, 1.54) is 12.1 Å². The van der Waals surface area contributed by atoms with E-state index in [2.05, 4.69) is 5.32 Å². The van der Waals surface area contributed by atoms with Crippen molar-refractivity contribution in [1.29, 1.82) is 0 Å². The Bertz CT molecular complexity index is 644. The molecule has 2 rings (SSSR count). The zero-order valence-electron chi connectivity index (χ0n) is 11.7. The van der Waals surface area contributed by atoms with Crippen molar-refractivity contribution in [3.63, 3.8) is 0 Å². The van der Waals surface area contributed by atoms with Crippen LogP contribution in [0.15, 0.2) is 42.5 Å². The van der Waals surface area contributed by atoms with E-state index in [4.69, 9.17) is 10.5 Å². The Morgan fingerprint density at radius 3 is 2.76 bits per heavy atom. The molecule has 21 heavy (non-hydrogen) atoms. The number of aryl methyl sites for hydroxylation is 1. The Kier molecular flexibility index (Phi) is 4.90. The first kappa shape index (κ1) is 15.0. The smallest absolute Gasteiger partial charge is 0.258 e. The zero-order chi connectivity index (χ0) is 15.2. The van der Waals surface area contributed by atoms with Gasteiger partial charge in [-0.05, 0) is 36.8 Å². The van der Waals surface area contributed by atoms with E-state index in [1.807, 2.05) is 0 Å². The lowest BCUT2D eigenvalue weighted by Gasteiger charge is -2.12. The number of benzene rings is 2. The van der Waals surface area contributed by atoms with E-state index in [1.54, 1.807) is 37.3 Å². The first-order chi connectivity index (χ1) is 10.1. The second kappa shape index (κ2) is 6.85. The Hall–Kier alpha value is -2.40. The van der Waals surface area contributed by atoms with Crippen LogP contribution in [0, 0.1) is 12.7 Å². The highest BCUT2D eigenvalue weighted by molar-refractivity contribution is 6.05. The number of carbonyl (C=O) groups is 1. The topological polar surface area (TPSA) is 64.3 Å². The van der Waals surface area contributed by atoms with Crippen molar-refractivity contribution in [1.82, 2.24) is 0 Å². The molecule has 1 amide bonds. The number of hydrogen-bond donors (Lipinski definition) is 2. The van der Waals surface area contributed by atoms with Crippen molar-refractivity contribution >= 4 is 11.6 Å². The predicted molar refractivity (Wildman–Crippen MR) is 80.1 cm³/mol. The van der Waals surface area contributed by atoms with Gasteiger partial charge in [0.2, 0.25) is 0 Å². The van der Waals surface area contributed by atoms with Crippen LogP contribution >= 0.6 is 0 Å². The SMILES string of the molecule is Cc1ccc(C(=O)Nc2ccccc2OCCN)c(F)c1. The maximum absolute atomic E-state index is 13.8. The third-order valence-electron chi connectivity index (χ3n) is 2.88. The van der Waals surface area contributed by atoms with Crippen LogP contribution in [0.4, 0.5) is 10.1 Å². The van der Waals surface area contributed by atoms with Crippen molar-refractivity contribution in [3.8, 4) is 5.75 Å². The fourth-order valence-electron chi connectivity index (χ4n) is 1.86. The van der Waals surface area contributed by atoms with E-state index in [9.17, 15) is 9.18 Å². The summed E-state index contributed by atoms with van der Waals surface area (Å²) < 4.78 is 19.2. The maximum atomic E-state index is 13.8. The summed E-state index contributed by atoms with van der Waals surface area (Å²) in [5, 5.41) is 2.65. The van der Waals surface area contributed by atoms with Crippen LogP contribution in [0.1, 0.15) is 15.9 Å². The van der Waals surface area contributed by atoms with Crippen LogP contribution in [0.25, 0.3) is 0 Å². The van der Waals surface area contributed by atoms with Gasteiger partial charge in [0.1, 0.15) is 18.2 Å². The highest BCUT2D eigenvalue weighted by Gasteiger charge is 2.13. The molecule has 0 aromatic heterocycles. The van der Waals surface area contributed by atoms with Gasteiger partial charge in [-0.2, -0.15) is 0 Å². The molecule has 110 valence electrons. The van der Waals surface area contributed by atoms with E-state index in [-0.39, 0.29) is 5.56 Å². The molecule has 0 spiro atoms. The molecule has 0 bridgehead atoms. The number of halogens is 1. The van der Waals surface area contributed by atoms with Crippen molar-refractivity contribution in [2.24, 2.45) is 5.73 Å². The summed E-state index contributed by atoms with van der Waals surface area (Å²) in [7, 11) is 0. The Morgan fingerprint density at radius 2 is 2.05 bits per heavy atom. The van der Waals surface area contributed by atoms with Gasteiger partial charge in [0.15, 0.2) is 0 Å². The number of nitrogens with one attached hydrogen (secondary N) is 1. The first-order valence-electron chi connectivity index (χ1n) is 6.61. The fraction of sp³-hybridized carbons (Fsp3) is 0.188. The number of ether oxygens (including phenoxy) is 1. The minimum absolute atomic E-state index is 0.00534. The van der Waals surface area contributed by atoms with Gasteiger partial charge >= 0.3 is 0 Å². The zero-order valence-corrected chi connectivity index (χ0v) is 11.7. The molecule has 0 unspecified atom stereocenters. The molecule has 0 aliphatic rings. The van der Waals surface area contributed by atoms with Crippen molar-refractivity contribution < 1.29 is 13.9 Å². The fourth-order valence-corrected chi connectivity index (χ4v) is 1.86. The molecule has 0 saturated carbocycles. The highest BCUT2D eigenvalue weighted by Crippen LogP contribution is 2.24. The molecular weight excluding hydrogens is 271 g/mol. The molecule has 0 aliphatic carbocycles. The average Bonchev–Trinajstić information content (AvgIpc) is 2.46. The van der Waals surface area contributed by atoms with Crippen LogP contribution in [0.2, 0.25) is 0 Å². The number of carbonyl (C=O) groups excluding carboxylic acids is 1. The van der Waals surface area contributed by atoms with Gasteiger partial charge in [-0.1, -0.05) is 18.2 Å². The van der Waals surface area contributed by atoms with Crippen LogP contribution < -0.4 is 15.8 Å². The standard InChI is InChI=1S/C16H17FN2O2/c1-11-6-7-12(13(17)10-11)16(20)19-14-4-2-3-5-15(14)21-9-8-18/h2-7,10H,8-9,18H2,1H3,(H,19,20). The summed E-state index contributed by atoms with van der Waals surface area (Å²) in [6.45, 7) is 2.47. The molecule has 0 saturated heterocycles. The van der Waals surface area contributed by atoms with Gasteiger partial charge < -0.3 is 15.8 Å². The monoisotopic (exact) mass is 288 g/mol. The lowest BCUT2D eigenvalue weighted by Crippen LogP contribution is -2.16. The van der Waals surface area contributed by atoms with Gasteiger partial charge in [0.25, 0.3) is 5.91 Å². The lowest BCUT2D eigenvalue weighted by atomic mass is 10.1. The summed E-state index contributed by atoms with van der Waals surface area (Å²) in [5.74, 6) is -0.562. The molecule has 2 aromatic carbocycles. The summed E-state index contributed by atoms with van der Waals surface area (Å²) in [6.07, 6.45) is 0. The van der Waals surface area contributed by atoms with Crippen LogP contribution in [-0.4, -0.2) is 19.1 Å². The van der Waals surface area contributed by atoms with Crippen LogP contribution in [0.5, 0.6) is 5.75 Å². The van der Waals surface area contributed by atoms with Crippen molar-refractivity contribution in [3.05, 3.63) is 59.4 Å². The first-order valence-corrected chi connectivity index (χ1v) is 6.61. The molecule has 3 N–H and O–H groups in total. The summed E-state index contributed by atoms with van der Waals surface area (Å²) in [4.78, 5) is 12.1. The second-order valence-corrected chi connectivity index (χ2v) is 4.57. The molecule has 0 radical (unpaired) electrons. The normalized spacial score (nSPS) is 10.2. The van der Waals surface area contributed by atoms with E-state index < -0.39 is 11.7 Å². The molecule has 0 atom stereocenters. The quantitative estimate of drug-likeness (QED) is 0.889. The minimum Gasteiger partial charge on any atom is -0.490 e. The largest absolute Gasteiger partial charge is 0.490 e. The van der Waals surface area contributed by atoms with Gasteiger partial charge in [-0.15, -0.1) is 0 Å². The van der Waals surface area contributed by atoms with Gasteiger partial charge in [-0.25, -0.2) is 4.39 Å². The molecule has 0 aliphatic heterocycles. The second-order valence-electron chi connectivity index (χ2n) is 4.57. The summed E-state index contributed by atoms with van der Waals surface area (Å²) >= 11 is 0. The minimum atomic E-state index is -0.548. The summed E-state index contributed by atoms with van der Waals surface area (Å²) in [6, 6.07) is 11.4. The third-order valence-corrected chi connectivity index (χ3v) is 2.88. The van der Waals surface area contributed by atoms with E-state index >= 15 is 0 Å². The van der Waals surface area contributed by atoms with Crippen LogP contribution in [-0.2, 0) is 0 Å². The van der Waals surface area contributed by atoms with Gasteiger partial charge in [0.05, 0.1) is 11.3 Å². The summed E-state index contributed by atoms with van der Waals surface area (Å²) in [5.41, 5.74) is 6.63. The van der Waals surface area contributed by atoms with E-state index in [0.29, 0.717) is 24.6 Å². The molecule has 0 fully saturated rings. The van der Waals surface area contributed by atoms with Crippen LogP contribution in [0.3, 0.4) is 0 Å². The molecule has 4 nitrogen and oxygen atoms in total. The number of para-hydroxylation sites is 2. The predicted octanol–water partition coefficient (Wildman–Crippen LogP) is 2.72. The third kappa shape index (κ3) is 3.79. The number of nitrogens with two attached hydrogens (primary N) is 1. The molecule has 5 heteroatoms. The Balaban J connectivity index is 2.19. The van der Waals surface area contributed by atoms with E-state index in [0.717, 1.165) is 5.56 Å². The molecule has 0 heterocycles. The number of hydrogen-bond acceptors (Lipinski definition) is 3. The lowest BCUT2D eigenvalue weighted by molar-refractivity contribution is 0.102. The maximum Gasteiger partial charge on any atom is 0.258 e. The Labute approximate surface area is 122 Å². The number of anilines is 1. The Morgan fingerprint density at radius 1 is 1.29 bits per heavy atom. The average molecular weight is 288 g/mol. The van der Waals surface area contributed by atoms with Crippen molar-refractivity contribution in [2.45, 2.75) is 6.92 Å². The molecular formula is C16H17FN2O2. The van der Waals surface area contributed by atoms with Gasteiger partial charge in [0, 0.05) is 6.54 Å². The molecule has 2 aromatic rings. The highest BCUT2D eigenvalue weighted by atomic mass is 19.1.